The van der Waals surface area contributed by atoms with Crippen molar-refractivity contribution in [3.8, 4) is 0 Å². The Morgan fingerprint density at radius 3 is 2.94 bits per heavy atom. The van der Waals surface area contributed by atoms with Gasteiger partial charge in [0.2, 0.25) is 0 Å². The van der Waals surface area contributed by atoms with Crippen LogP contribution in [0, 0.1) is 17.8 Å². The van der Waals surface area contributed by atoms with Crippen LogP contribution in [0.2, 0.25) is 0 Å². The van der Waals surface area contributed by atoms with Crippen molar-refractivity contribution in [3.05, 3.63) is 24.2 Å². The van der Waals surface area contributed by atoms with Crippen LogP contribution in [0.4, 0.5) is 0 Å². The summed E-state index contributed by atoms with van der Waals surface area (Å²) >= 11 is 0. The van der Waals surface area contributed by atoms with Gasteiger partial charge in [-0.15, -0.1) is 0 Å². The number of furan rings is 1. The van der Waals surface area contributed by atoms with Gasteiger partial charge in [0.1, 0.15) is 5.76 Å². The Hall–Kier alpha value is -0.760. The molecule has 2 aliphatic carbocycles. The zero-order chi connectivity index (χ0) is 11.0. The van der Waals surface area contributed by atoms with Crippen LogP contribution >= 0.6 is 0 Å². The molecule has 0 radical (unpaired) electrons. The summed E-state index contributed by atoms with van der Waals surface area (Å²) in [6.07, 6.45) is 9.70. The minimum atomic E-state index is 0.287. The summed E-state index contributed by atoms with van der Waals surface area (Å²) in [5.74, 6) is 3.97. The molecule has 1 heterocycles. The van der Waals surface area contributed by atoms with E-state index >= 15 is 0 Å². The van der Waals surface area contributed by atoms with Crippen LogP contribution in [0.25, 0.3) is 0 Å². The minimum Gasteiger partial charge on any atom is -0.469 e. The number of hydrogen-bond donors (Lipinski definition) is 1. The van der Waals surface area contributed by atoms with Gasteiger partial charge >= 0.3 is 0 Å². The molecule has 2 heteroatoms. The molecule has 2 nitrogen and oxygen atoms in total. The van der Waals surface area contributed by atoms with E-state index in [1.54, 1.807) is 6.26 Å². The first-order valence-electron chi connectivity index (χ1n) is 6.59. The van der Waals surface area contributed by atoms with Crippen molar-refractivity contribution in [1.29, 1.82) is 0 Å². The van der Waals surface area contributed by atoms with Crippen LogP contribution in [0.15, 0.2) is 22.8 Å². The van der Waals surface area contributed by atoms with Crippen molar-refractivity contribution in [2.45, 2.75) is 44.6 Å². The monoisotopic (exact) mass is 219 g/mol. The van der Waals surface area contributed by atoms with Crippen LogP contribution < -0.4 is 5.73 Å². The summed E-state index contributed by atoms with van der Waals surface area (Å²) in [6, 6.07) is 4.26. The van der Waals surface area contributed by atoms with Gasteiger partial charge < -0.3 is 10.2 Å². The summed E-state index contributed by atoms with van der Waals surface area (Å²) in [5, 5.41) is 0. The molecule has 2 N–H and O–H groups in total. The van der Waals surface area contributed by atoms with Crippen LogP contribution in [0.5, 0.6) is 0 Å². The van der Waals surface area contributed by atoms with E-state index in [4.69, 9.17) is 10.2 Å². The summed E-state index contributed by atoms with van der Waals surface area (Å²) < 4.78 is 5.35. The molecular weight excluding hydrogens is 198 g/mol. The minimum absolute atomic E-state index is 0.287. The lowest BCUT2D eigenvalue weighted by Gasteiger charge is -2.24. The number of nitrogens with two attached hydrogens (primary N) is 1. The molecule has 2 saturated carbocycles. The Kier molecular flexibility index (Phi) is 2.76. The molecule has 4 unspecified atom stereocenters. The van der Waals surface area contributed by atoms with Gasteiger partial charge in [-0.1, -0.05) is 6.42 Å². The molecule has 2 fully saturated rings. The fourth-order valence-corrected chi connectivity index (χ4v) is 3.82. The molecule has 16 heavy (non-hydrogen) atoms. The van der Waals surface area contributed by atoms with Crippen LogP contribution in [0.3, 0.4) is 0 Å². The maximum Gasteiger partial charge on any atom is 0.105 e. The third kappa shape index (κ3) is 2.03. The molecule has 0 saturated heterocycles. The third-order valence-electron chi connectivity index (χ3n) is 4.53. The summed E-state index contributed by atoms with van der Waals surface area (Å²) in [4.78, 5) is 0. The van der Waals surface area contributed by atoms with Crippen molar-refractivity contribution in [2.75, 3.05) is 0 Å². The van der Waals surface area contributed by atoms with E-state index in [-0.39, 0.29) is 6.04 Å². The Morgan fingerprint density at radius 2 is 2.31 bits per heavy atom. The van der Waals surface area contributed by atoms with Crippen molar-refractivity contribution < 1.29 is 4.42 Å². The lowest BCUT2D eigenvalue weighted by Crippen LogP contribution is -2.28. The molecule has 2 aliphatic rings. The van der Waals surface area contributed by atoms with Gasteiger partial charge in [-0.05, 0) is 55.6 Å². The number of rotatable bonds is 4. The maximum absolute atomic E-state index is 6.22. The standard InChI is InChI=1S/C14H21NO/c15-13(9-14-2-1-5-16-14)8-12-7-10-3-4-11(12)6-10/h1-2,5,10-13H,3-4,6-9,15H2. The largest absolute Gasteiger partial charge is 0.469 e. The van der Waals surface area contributed by atoms with E-state index in [1.165, 1.54) is 32.1 Å². The highest BCUT2D eigenvalue weighted by atomic mass is 16.3. The van der Waals surface area contributed by atoms with Gasteiger partial charge in [0.05, 0.1) is 6.26 Å². The first-order valence-corrected chi connectivity index (χ1v) is 6.59. The Bertz CT molecular complexity index is 333. The molecule has 1 aromatic heterocycles. The maximum atomic E-state index is 6.22. The fourth-order valence-electron chi connectivity index (χ4n) is 3.82. The van der Waals surface area contributed by atoms with E-state index in [1.807, 2.05) is 12.1 Å². The predicted octanol–water partition coefficient (Wildman–Crippen LogP) is 2.98. The third-order valence-corrected chi connectivity index (χ3v) is 4.53. The lowest BCUT2D eigenvalue weighted by atomic mass is 9.83. The van der Waals surface area contributed by atoms with Crippen molar-refractivity contribution in [1.82, 2.24) is 0 Å². The van der Waals surface area contributed by atoms with Crippen LogP contribution in [-0.4, -0.2) is 6.04 Å². The highest BCUT2D eigenvalue weighted by Gasteiger charge is 2.39. The first kappa shape index (κ1) is 10.4. The van der Waals surface area contributed by atoms with E-state index in [0.29, 0.717) is 0 Å². The number of fused-ring (bicyclic) bond motifs is 2. The van der Waals surface area contributed by atoms with Crippen molar-refractivity contribution in [2.24, 2.45) is 23.5 Å². The number of hydrogen-bond acceptors (Lipinski definition) is 2. The van der Waals surface area contributed by atoms with E-state index in [9.17, 15) is 0 Å². The quantitative estimate of drug-likeness (QED) is 0.845. The zero-order valence-corrected chi connectivity index (χ0v) is 9.77. The molecule has 0 aliphatic heterocycles. The molecule has 0 aromatic carbocycles. The average molecular weight is 219 g/mol. The van der Waals surface area contributed by atoms with Gasteiger partial charge in [0, 0.05) is 12.5 Å². The lowest BCUT2D eigenvalue weighted by molar-refractivity contribution is 0.290. The summed E-state index contributed by atoms with van der Waals surface area (Å²) in [5.41, 5.74) is 6.22. The molecule has 2 bridgehead atoms. The van der Waals surface area contributed by atoms with Gasteiger partial charge in [0.25, 0.3) is 0 Å². The van der Waals surface area contributed by atoms with Crippen LogP contribution in [0.1, 0.15) is 37.9 Å². The highest BCUT2D eigenvalue weighted by Crippen LogP contribution is 2.49. The smallest absolute Gasteiger partial charge is 0.105 e. The van der Waals surface area contributed by atoms with E-state index < -0.39 is 0 Å². The topological polar surface area (TPSA) is 39.2 Å². The fraction of sp³-hybridized carbons (Fsp3) is 0.714. The molecule has 0 spiro atoms. The Balaban J connectivity index is 1.51. The Labute approximate surface area is 97.2 Å². The van der Waals surface area contributed by atoms with Gasteiger partial charge in [-0.2, -0.15) is 0 Å². The normalized spacial score (nSPS) is 34.4. The van der Waals surface area contributed by atoms with Crippen molar-refractivity contribution in [3.63, 3.8) is 0 Å². The SMILES string of the molecule is NC(Cc1ccco1)CC1CC2CCC1C2. The Morgan fingerprint density at radius 1 is 1.38 bits per heavy atom. The van der Waals surface area contributed by atoms with Gasteiger partial charge in [-0.25, -0.2) is 0 Å². The second-order valence-electron chi connectivity index (χ2n) is 5.71. The highest BCUT2D eigenvalue weighted by molar-refractivity contribution is 5.01. The van der Waals surface area contributed by atoms with Gasteiger partial charge in [-0.3, -0.25) is 0 Å². The van der Waals surface area contributed by atoms with E-state index in [2.05, 4.69) is 0 Å². The molecule has 3 rings (SSSR count). The first-order chi connectivity index (χ1) is 7.81. The van der Waals surface area contributed by atoms with Gasteiger partial charge in [0.15, 0.2) is 0 Å². The average Bonchev–Trinajstić information content (AvgIpc) is 2.92. The zero-order valence-electron chi connectivity index (χ0n) is 9.77. The summed E-state index contributed by atoms with van der Waals surface area (Å²) in [7, 11) is 0. The van der Waals surface area contributed by atoms with E-state index in [0.717, 1.165) is 29.9 Å². The predicted molar refractivity (Wildman–Crippen MR) is 63.9 cm³/mol. The molecule has 1 aromatic rings. The molecule has 4 atom stereocenters. The second kappa shape index (κ2) is 4.25. The summed E-state index contributed by atoms with van der Waals surface area (Å²) in [6.45, 7) is 0. The molecule has 0 amide bonds. The molecule has 88 valence electrons. The van der Waals surface area contributed by atoms with Crippen molar-refractivity contribution >= 4 is 0 Å². The van der Waals surface area contributed by atoms with Crippen LogP contribution in [-0.2, 0) is 6.42 Å². The molecular formula is C14H21NO. The second-order valence-corrected chi connectivity index (χ2v) is 5.71.